The molecule has 0 aromatic heterocycles. The summed E-state index contributed by atoms with van der Waals surface area (Å²) in [5.74, 6) is 0.842. The standard InChI is InChI=1S/C13H17N2O2/c1-9(16)15-12-4-5-13-11(3-2-8-17-13)10(12)6-7-14/h2,4-5H,3,6-8,14H2,1H3,(H,15,16). The number of fused-ring (bicyclic) bond motifs is 1. The van der Waals surface area contributed by atoms with Crippen LogP contribution in [0.5, 0.6) is 5.75 Å². The molecule has 1 aliphatic heterocycles. The molecule has 1 radical (unpaired) electrons. The van der Waals surface area contributed by atoms with E-state index in [0.29, 0.717) is 13.2 Å². The number of hydrogen-bond acceptors (Lipinski definition) is 3. The zero-order valence-electron chi connectivity index (χ0n) is 9.95. The van der Waals surface area contributed by atoms with Crippen molar-refractivity contribution in [3.05, 3.63) is 29.7 Å². The minimum Gasteiger partial charge on any atom is -0.493 e. The van der Waals surface area contributed by atoms with Crippen LogP contribution in [0.3, 0.4) is 0 Å². The van der Waals surface area contributed by atoms with E-state index in [2.05, 4.69) is 11.7 Å². The maximum atomic E-state index is 11.2. The Morgan fingerprint density at radius 2 is 2.35 bits per heavy atom. The molecule has 1 heterocycles. The van der Waals surface area contributed by atoms with Crippen LogP contribution in [-0.2, 0) is 17.6 Å². The van der Waals surface area contributed by atoms with E-state index >= 15 is 0 Å². The van der Waals surface area contributed by atoms with Gasteiger partial charge in [0, 0.05) is 19.0 Å². The van der Waals surface area contributed by atoms with Crippen LogP contribution >= 0.6 is 0 Å². The topological polar surface area (TPSA) is 64.4 Å². The number of nitrogens with one attached hydrogen (secondary N) is 1. The molecular weight excluding hydrogens is 216 g/mol. The van der Waals surface area contributed by atoms with Gasteiger partial charge in [-0.15, -0.1) is 0 Å². The summed E-state index contributed by atoms with van der Waals surface area (Å²) in [7, 11) is 0. The van der Waals surface area contributed by atoms with Crippen LogP contribution in [0, 0.1) is 6.42 Å². The smallest absolute Gasteiger partial charge is 0.221 e. The van der Waals surface area contributed by atoms with Crippen LogP contribution in [0.4, 0.5) is 5.69 Å². The molecule has 1 aromatic rings. The Labute approximate surface area is 101 Å². The lowest BCUT2D eigenvalue weighted by atomic mass is 9.96. The number of anilines is 1. The second-order valence-corrected chi connectivity index (χ2v) is 4.09. The maximum Gasteiger partial charge on any atom is 0.221 e. The summed E-state index contributed by atoms with van der Waals surface area (Å²) in [4.78, 5) is 11.2. The monoisotopic (exact) mass is 233 g/mol. The number of carbonyl (C=O) groups is 1. The van der Waals surface area contributed by atoms with Gasteiger partial charge in [-0.25, -0.2) is 0 Å². The van der Waals surface area contributed by atoms with E-state index in [-0.39, 0.29) is 5.91 Å². The summed E-state index contributed by atoms with van der Waals surface area (Å²) >= 11 is 0. The van der Waals surface area contributed by atoms with Crippen molar-refractivity contribution in [1.29, 1.82) is 0 Å². The van der Waals surface area contributed by atoms with Gasteiger partial charge in [-0.2, -0.15) is 0 Å². The summed E-state index contributed by atoms with van der Waals surface area (Å²) < 4.78 is 5.56. The molecule has 17 heavy (non-hydrogen) atoms. The summed E-state index contributed by atoms with van der Waals surface area (Å²) in [5, 5.41) is 2.84. The van der Waals surface area contributed by atoms with Gasteiger partial charge in [0.1, 0.15) is 5.75 Å². The number of ether oxygens (including phenoxy) is 1. The first kappa shape index (κ1) is 11.9. The molecule has 0 saturated heterocycles. The molecular formula is C13H17N2O2. The summed E-state index contributed by atoms with van der Waals surface area (Å²) in [6, 6.07) is 3.80. The Morgan fingerprint density at radius 1 is 1.53 bits per heavy atom. The molecule has 4 nitrogen and oxygen atoms in total. The molecule has 0 saturated carbocycles. The molecule has 1 aromatic carbocycles. The lowest BCUT2D eigenvalue weighted by molar-refractivity contribution is -0.114. The molecule has 0 atom stereocenters. The first-order valence-electron chi connectivity index (χ1n) is 5.79. The summed E-state index contributed by atoms with van der Waals surface area (Å²) in [6.07, 6.45) is 3.70. The van der Waals surface area contributed by atoms with E-state index in [0.717, 1.165) is 35.4 Å². The molecule has 0 unspecified atom stereocenters. The number of amides is 1. The van der Waals surface area contributed by atoms with E-state index in [1.807, 2.05) is 12.1 Å². The predicted octanol–water partition coefficient (Wildman–Crippen LogP) is 1.29. The third kappa shape index (κ3) is 2.58. The molecule has 4 heteroatoms. The Morgan fingerprint density at radius 3 is 3.06 bits per heavy atom. The lowest BCUT2D eigenvalue weighted by Crippen LogP contribution is -2.17. The van der Waals surface area contributed by atoms with Crippen molar-refractivity contribution in [3.8, 4) is 5.75 Å². The van der Waals surface area contributed by atoms with E-state index in [4.69, 9.17) is 10.5 Å². The Kier molecular flexibility index (Phi) is 3.64. The van der Waals surface area contributed by atoms with Gasteiger partial charge in [0.25, 0.3) is 0 Å². The van der Waals surface area contributed by atoms with Crippen LogP contribution in [0.1, 0.15) is 18.1 Å². The molecule has 0 bridgehead atoms. The Balaban J connectivity index is 2.41. The van der Waals surface area contributed by atoms with Crippen LogP contribution in [0.15, 0.2) is 12.1 Å². The second-order valence-electron chi connectivity index (χ2n) is 4.09. The van der Waals surface area contributed by atoms with E-state index in [1.54, 1.807) is 0 Å². The molecule has 0 spiro atoms. The van der Waals surface area contributed by atoms with Gasteiger partial charge in [0.2, 0.25) is 5.91 Å². The molecule has 1 amide bonds. The third-order valence-corrected chi connectivity index (χ3v) is 2.80. The first-order valence-corrected chi connectivity index (χ1v) is 5.79. The highest BCUT2D eigenvalue weighted by Gasteiger charge is 2.17. The van der Waals surface area contributed by atoms with Crippen molar-refractivity contribution >= 4 is 11.6 Å². The fourth-order valence-electron chi connectivity index (χ4n) is 2.12. The zero-order valence-corrected chi connectivity index (χ0v) is 9.95. The van der Waals surface area contributed by atoms with Crippen molar-refractivity contribution in [1.82, 2.24) is 0 Å². The molecule has 91 valence electrons. The third-order valence-electron chi connectivity index (χ3n) is 2.80. The maximum absolute atomic E-state index is 11.2. The van der Waals surface area contributed by atoms with Crippen molar-refractivity contribution in [2.75, 3.05) is 18.5 Å². The highest BCUT2D eigenvalue weighted by molar-refractivity contribution is 5.90. The van der Waals surface area contributed by atoms with Gasteiger partial charge < -0.3 is 15.8 Å². The highest BCUT2D eigenvalue weighted by Crippen LogP contribution is 2.32. The van der Waals surface area contributed by atoms with Gasteiger partial charge in [0.05, 0.1) is 6.61 Å². The number of benzene rings is 1. The van der Waals surface area contributed by atoms with Gasteiger partial charge in [-0.05, 0) is 42.6 Å². The van der Waals surface area contributed by atoms with Crippen LogP contribution < -0.4 is 15.8 Å². The van der Waals surface area contributed by atoms with Crippen molar-refractivity contribution < 1.29 is 9.53 Å². The van der Waals surface area contributed by atoms with Crippen molar-refractivity contribution in [3.63, 3.8) is 0 Å². The number of rotatable bonds is 3. The lowest BCUT2D eigenvalue weighted by Gasteiger charge is -2.22. The van der Waals surface area contributed by atoms with Gasteiger partial charge in [0.15, 0.2) is 0 Å². The van der Waals surface area contributed by atoms with Crippen molar-refractivity contribution in [2.45, 2.75) is 19.8 Å². The minimum absolute atomic E-state index is 0.0658. The fraction of sp³-hybridized carbons (Fsp3) is 0.385. The molecule has 1 aliphatic rings. The van der Waals surface area contributed by atoms with Gasteiger partial charge in [-0.3, -0.25) is 4.79 Å². The number of hydrogen-bond donors (Lipinski definition) is 2. The van der Waals surface area contributed by atoms with E-state index in [9.17, 15) is 4.79 Å². The largest absolute Gasteiger partial charge is 0.493 e. The number of nitrogens with two attached hydrogens (primary N) is 1. The highest BCUT2D eigenvalue weighted by atomic mass is 16.5. The molecule has 0 aliphatic carbocycles. The van der Waals surface area contributed by atoms with Gasteiger partial charge >= 0.3 is 0 Å². The predicted molar refractivity (Wildman–Crippen MR) is 67.0 cm³/mol. The van der Waals surface area contributed by atoms with Crippen LogP contribution in [0.25, 0.3) is 0 Å². The normalized spacial score (nSPS) is 13.8. The average molecular weight is 233 g/mol. The molecule has 0 fully saturated rings. The van der Waals surface area contributed by atoms with Crippen molar-refractivity contribution in [2.24, 2.45) is 5.73 Å². The second kappa shape index (κ2) is 5.19. The van der Waals surface area contributed by atoms with E-state index in [1.165, 1.54) is 6.92 Å². The molecule has 3 N–H and O–H groups in total. The summed E-state index contributed by atoms with van der Waals surface area (Å²) in [5.41, 5.74) is 8.72. The minimum atomic E-state index is -0.0658. The fourth-order valence-corrected chi connectivity index (χ4v) is 2.12. The quantitative estimate of drug-likeness (QED) is 0.826. The summed E-state index contributed by atoms with van der Waals surface area (Å²) in [6.45, 7) is 2.71. The first-order chi connectivity index (χ1) is 8.22. The number of carbonyl (C=O) groups excluding carboxylic acids is 1. The Bertz CT molecular complexity index is 430. The molecule has 2 rings (SSSR count). The van der Waals surface area contributed by atoms with Crippen LogP contribution in [-0.4, -0.2) is 19.1 Å². The SMILES string of the molecule is CC(=O)Nc1ccc2c(c1CCN)C[CH]CO2. The van der Waals surface area contributed by atoms with Crippen LogP contribution in [0.2, 0.25) is 0 Å². The van der Waals surface area contributed by atoms with Gasteiger partial charge in [-0.1, -0.05) is 0 Å². The Hall–Kier alpha value is -1.55. The van der Waals surface area contributed by atoms with E-state index < -0.39 is 0 Å². The average Bonchev–Trinajstić information content (AvgIpc) is 2.32. The zero-order chi connectivity index (χ0) is 12.3.